The molecule has 0 N–H and O–H groups in total. The van der Waals surface area contributed by atoms with E-state index in [0.29, 0.717) is 32.8 Å². The van der Waals surface area contributed by atoms with Gasteiger partial charge in [0.05, 0.1) is 17.5 Å². The number of hydrogen-bond donors (Lipinski definition) is 0. The van der Waals surface area contributed by atoms with Crippen molar-refractivity contribution in [3.05, 3.63) is 51.1 Å². The lowest BCUT2D eigenvalue weighted by Crippen LogP contribution is -2.40. The first-order valence-corrected chi connectivity index (χ1v) is 12.8. The maximum atomic E-state index is 13.1. The summed E-state index contributed by atoms with van der Waals surface area (Å²) in [5.74, 6) is -0.247. The molecule has 0 aromatic carbocycles. The molecule has 2 aromatic heterocycles. The Hall–Kier alpha value is -2.01. The molecule has 1 amide bonds. The van der Waals surface area contributed by atoms with Crippen LogP contribution in [-0.2, 0) is 32.6 Å². The van der Waals surface area contributed by atoms with Crippen molar-refractivity contribution < 1.29 is 17.9 Å². The third kappa shape index (κ3) is 5.82. The van der Waals surface area contributed by atoms with Crippen molar-refractivity contribution in [2.75, 3.05) is 26.2 Å². The molecule has 8 nitrogen and oxygen atoms in total. The Balaban J connectivity index is 1.82. The molecule has 0 saturated carbocycles. The van der Waals surface area contributed by atoms with Crippen LogP contribution in [0.25, 0.3) is 0 Å². The second kappa shape index (κ2) is 10.5. The number of rotatable bonds is 10. The largest absolute Gasteiger partial charge is 0.376 e. The zero-order chi connectivity index (χ0) is 22.4. The van der Waals surface area contributed by atoms with E-state index < -0.39 is 15.6 Å². The predicted molar refractivity (Wildman–Crippen MR) is 120 cm³/mol. The van der Waals surface area contributed by atoms with E-state index in [-0.39, 0.29) is 23.5 Å². The van der Waals surface area contributed by atoms with Gasteiger partial charge in [0.25, 0.3) is 5.56 Å². The standard InChI is InChI=1S/C21H29N3O5S2/c1-3-24(4-2)31(27,28)19-9-10-20(25)23(15-19)16-21(26)22(13-17-7-5-11-29-17)14-18-8-6-12-30-18/h6,8-10,12,15,17H,3-5,7,11,13-14,16H2,1-2H3. The number of carbonyl (C=O) groups is 1. The van der Waals surface area contributed by atoms with Gasteiger partial charge in [-0.15, -0.1) is 11.3 Å². The number of hydrogen-bond acceptors (Lipinski definition) is 6. The second-order valence-electron chi connectivity index (χ2n) is 7.41. The van der Waals surface area contributed by atoms with E-state index in [9.17, 15) is 18.0 Å². The fourth-order valence-corrected chi connectivity index (χ4v) is 5.82. The average molecular weight is 468 g/mol. The van der Waals surface area contributed by atoms with Gasteiger partial charge in [-0.1, -0.05) is 19.9 Å². The summed E-state index contributed by atoms with van der Waals surface area (Å²) in [5, 5.41) is 1.95. The highest BCUT2D eigenvalue weighted by atomic mass is 32.2. The van der Waals surface area contributed by atoms with Crippen LogP contribution in [0.2, 0.25) is 0 Å². The third-order valence-corrected chi connectivity index (χ3v) is 8.23. The van der Waals surface area contributed by atoms with E-state index >= 15 is 0 Å². The molecule has 1 fully saturated rings. The molecule has 31 heavy (non-hydrogen) atoms. The normalized spacial score (nSPS) is 16.7. The topological polar surface area (TPSA) is 88.9 Å². The maximum Gasteiger partial charge on any atom is 0.251 e. The number of sulfonamides is 1. The van der Waals surface area contributed by atoms with Gasteiger partial charge in [0.2, 0.25) is 15.9 Å². The molecule has 1 atom stereocenters. The lowest BCUT2D eigenvalue weighted by Gasteiger charge is -2.25. The minimum atomic E-state index is -3.73. The van der Waals surface area contributed by atoms with Gasteiger partial charge in [-0.3, -0.25) is 9.59 Å². The lowest BCUT2D eigenvalue weighted by atomic mass is 10.2. The maximum absolute atomic E-state index is 13.1. The van der Waals surface area contributed by atoms with Gasteiger partial charge in [0.15, 0.2) is 0 Å². The summed E-state index contributed by atoms with van der Waals surface area (Å²) in [7, 11) is -3.73. The number of amides is 1. The fourth-order valence-electron chi connectivity index (χ4n) is 3.62. The van der Waals surface area contributed by atoms with Crippen LogP contribution in [-0.4, -0.2) is 60.4 Å². The molecule has 170 valence electrons. The highest BCUT2D eigenvalue weighted by Crippen LogP contribution is 2.18. The predicted octanol–water partition coefficient (Wildman–Crippen LogP) is 2.15. The van der Waals surface area contributed by atoms with Crippen LogP contribution in [0, 0.1) is 0 Å². The van der Waals surface area contributed by atoms with Crippen LogP contribution in [0.1, 0.15) is 31.6 Å². The minimum absolute atomic E-state index is 0.00698. The summed E-state index contributed by atoms with van der Waals surface area (Å²) in [6.07, 6.45) is 3.11. The van der Waals surface area contributed by atoms with E-state index in [1.54, 1.807) is 30.1 Å². The number of aromatic nitrogens is 1. The van der Waals surface area contributed by atoms with Gasteiger partial charge in [0.1, 0.15) is 6.54 Å². The van der Waals surface area contributed by atoms with Crippen LogP contribution in [0.5, 0.6) is 0 Å². The van der Waals surface area contributed by atoms with Crippen molar-refractivity contribution in [2.45, 2.75) is 50.8 Å². The molecule has 1 saturated heterocycles. The van der Waals surface area contributed by atoms with Crippen LogP contribution in [0.4, 0.5) is 0 Å². The van der Waals surface area contributed by atoms with E-state index in [1.165, 1.54) is 27.2 Å². The van der Waals surface area contributed by atoms with Gasteiger partial charge < -0.3 is 14.2 Å². The summed E-state index contributed by atoms with van der Waals surface area (Å²) in [6.45, 7) is 5.52. The van der Waals surface area contributed by atoms with Crippen molar-refractivity contribution in [3.63, 3.8) is 0 Å². The number of thiophene rings is 1. The highest BCUT2D eigenvalue weighted by Gasteiger charge is 2.25. The summed E-state index contributed by atoms with van der Waals surface area (Å²) >= 11 is 1.56. The number of ether oxygens (including phenoxy) is 1. The number of nitrogens with zero attached hydrogens (tertiary/aromatic N) is 3. The molecular weight excluding hydrogens is 438 g/mol. The third-order valence-electron chi connectivity index (χ3n) is 5.33. The first kappa shape index (κ1) is 23.6. The van der Waals surface area contributed by atoms with Crippen molar-refractivity contribution in [1.29, 1.82) is 0 Å². The Bertz CT molecular complexity index is 1020. The lowest BCUT2D eigenvalue weighted by molar-refractivity contribution is -0.134. The van der Waals surface area contributed by atoms with Gasteiger partial charge in [-0.25, -0.2) is 8.42 Å². The van der Waals surface area contributed by atoms with Crippen molar-refractivity contribution >= 4 is 27.3 Å². The monoisotopic (exact) mass is 467 g/mol. The average Bonchev–Trinajstić information content (AvgIpc) is 3.44. The first-order chi connectivity index (χ1) is 14.8. The molecule has 0 aliphatic carbocycles. The minimum Gasteiger partial charge on any atom is -0.376 e. The number of pyridine rings is 1. The molecule has 2 aromatic rings. The second-order valence-corrected chi connectivity index (χ2v) is 10.4. The SMILES string of the molecule is CCN(CC)S(=O)(=O)c1ccc(=O)n(CC(=O)N(Cc2cccs2)CC2CCCO2)c1. The van der Waals surface area contributed by atoms with Crippen LogP contribution in [0.15, 0.2) is 45.5 Å². The zero-order valence-electron chi connectivity index (χ0n) is 17.9. The highest BCUT2D eigenvalue weighted by molar-refractivity contribution is 7.89. The fraction of sp³-hybridized carbons (Fsp3) is 0.524. The molecule has 0 bridgehead atoms. The Labute approximate surface area is 187 Å². The van der Waals surface area contributed by atoms with Crippen molar-refractivity contribution in [2.24, 2.45) is 0 Å². The van der Waals surface area contributed by atoms with Crippen molar-refractivity contribution in [3.8, 4) is 0 Å². The molecule has 10 heteroatoms. The Kier molecular flexibility index (Phi) is 8.04. The number of carbonyl (C=O) groups excluding carboxylic acids is 1. The Morgan fingerprint density at radius 2 is 2.03 bits per heavy atom. The molecular formula is C21H29N3O5S2. The van der Waals surface area contributed by atoms with E-state index in [0.717, 1.165) is 17.7 Å². The summed E-state index contributed by atoms with van der Waals surface area (Å²) in [4.78, 5) is 28.3. The van der Waals surface area contributed by atoms with Crippen molar-refractivity contribution in [1.82, 2.24) is 13.8 Å². The molecule has 1 unspecified atom stereocenters. The molecule has 0 radical (unpaired) electrons. The van der Waals surface area contributed by atoms with E-state index in [4.69, 9.17) is 4.74 Å². The Morgan fingerprint density at radius 1 is 1.26 bits per heavy atom. The quantitative estimate of drug-likeness (QED) is 0.534. The van der Waals surface area contributed by atoms with E-state index in [2.05, 4.69) is 0 Å². The van der Waals surface area contributed by atoms with Crippen LogP contribution in [0.3, 0.4) is 0 Å². The van der Waals surface area contributed by atoms with Gasteiger partial charge in [-0.2, -0.15) is 4.31 Å². The molecule has 0 spiro atoms. The van der Waals surface area contributed by atoms with Crippen LogP contribution >= 0.6 is 11.3 Å². The van der Waals surface area contributed by atoms with E-state index in [1.807, 2.05) is 17.5 Å². The van der Waals surface area contributed by atoms with Gasteiger partial charge >= 0.3 is 0 Å². The molecule has 3 rings (SSSR count). The Morgan fingerprint density at radius 3 is 2.65 bits per heavy atom. The zero-order valence-corrected chi connectivity index (χ0v) is 19.5. The molecule has 1 aliphatic rings. The summed E-state index contributed by atoms with van der Waals surface area (Å²) in [6, 6.07) is 6.39. The summed E-state index contributed by atoms with van der Waals surface area (Å²) in [5.41, 5.74) is -0.417. The smallest absolute Gasteiger partial charge is 0.251 e. The van der Waals surface area contributed by atoms with Gasteiger partial charge in [-0.05, 0) is 30.4 Å². The van der Waals surface area contributed by atoms with Gasteiger partial charge in [0, 0.05) is 43.4 Å². The summed E-state index contributed by atoms with van der Waals surface area (Å²) < 4.78 is 33.8. The van der Waals surface area contributed by atoms with Crippen LogP contribution < -0.4 is 5.56 Å². The molecule has 3 heterocycles. The molecule has 1 aliphatic heterocycles. The first-order valence-electron chi connectivity index (χ1n) is 10.5.